The number of aromatic nitrogens is 1. The number of ether oxygens (including phenoxy) is 1. The van der Waals surface area contributed by atoms with Gasteiger partial charge in [0.25, 0.3) is 0 Å². The molecule has 10 heteroatoms. The number of fused-ring (bicyclic) bond motifs is 1. The van der Waals surface area contributed by atoms with Gasteiger partial charge in [0, 0.05) is 42.2 Å². The van der Waals surface area contributed by atoms with Gasteiger partial charge in [0.15, 0.2) is 0 Å². The third-order valence-corrected chi connectivity index (χ3v) is 8.84. The van der Waals surface area contributed by atoms with Gasteiger partial charge < -0.3 is 26.8 Å². The van der Waals surface area contributed by atoms with Gasteiger partial charge >= 0.3 is 0 Å². The number of carbonyl (C=O) groups is 3. The number of primary amides is 1. The molecule has 0 bridgehead atoms. The molecule has 9 nitrogen and oxygen atoms in total. The van der Waals surface area contributed by atoms with Crippen molar-refractivity contribution in [1.29, 1.82) is 0 Å². The highest BCUT2D eigenvalue weighted by molar-refractivity contribution is 7.17. The third kappa shape index (κ3) is 7.96. The van der Waals surface area contributed by atoms with Gasteiger partial charge in [-0.1, -0.05) is 54.6 Å². The van der Waals surface area contributed by atoms with Crippen LogP contribution in [0.3, 0.4) is 0 Å². The molecule has 0 spiro atoms. The Morgan fingerprint density at radius 2 is 1.61 bits per heavy atom. The summed E-state index contributed by atoms with van der Waals surface area (Å²) in [5.41, 5.74) is 15.7. The molecule has 0 aliphatic rings. The topological polar surface area (TPSA) is 149 Å². The Morgan fingerprint density at radius 3 is 2.33 bits per heavy atom. The Labute approximate surface area is 272 Å². The molecule has 0 saturated carbocycles. The molecule has 3 aromatic carbocycles. The van der Waals surface area contributed by atoms with Crippen molar-refractivity contribution in [1.82, 2.24) is 15.6 Å². The molecule has 2 heterocycles. The van der Waals surface area contributed by atoms with Gasteiger partial charge in [-0.2, -0.15) is 0 Å². The number of pyridine rings is 1. The molecule has 0 radical (unpaired) electrons. The van der Waals surface area contributed by atoms with Crippen molar-refractivity contribution < 1.29 is 19.1 Å². The van der Waals surface area contributed by atoms with E-state index in [1.807, 2.05) is 85.1 Å². The molecule has 6 N–H and O–H groups in total. The first-order chi connectivity index (χ1) is 22.4. The highest BCUT2D eigenvalue weighted by atomic mass is 32.1. The fourth-order valence-electron chi connectivity index (χ4n) is 5.37. The predicted octanol–water partition coefficient (Wildman–Crippen LogP) is 4.62. The molecule has 5 aromatic rings. The second kappa shape index (κ2) is 15.3. The molecule has 236 valence electrons. The number of nitrogens with zero attached hydrogens (tertiary/aromatic N) is 1. The quantitative estimate of drug-likeness (QED) is 0.140. The molecule has 46 heavy (non-hydrogen) atoms. The van der Waals surface area contributed by atoms with E-state index in [9.17, 15) is 14.4 Å². The Kier molecular flexibility index (Phi) is 10.7. The number of benzene rings is 3. The van der Waals surface area contributed by atoms with Crippen LogP contribution in [0.1, 0.15) is 51.0 Å². The molecule has 0 saturated heterocycles. The summed E-state index contributed by atoms with van der Waals surface area (Å²) >= 11 is 1.59. The molecule has 0 aliphatic carbocycles. The van der Waals surface area contributed by atoms with Crippen molar-refractivity contribution in [3.63, 3.8) is 0 Å². The van der Waals surface area contributed by atoms with Gasteiger partial charge in [0.1, 0.15) is 11.8 Å². The summed E-state index contributed by atoms with van der Waals surface area (Å²) in [7, 11) is 0. The second-order valence-electron chi connectivity index (χ2n) is 10.9. The van der Waals surface area contributed by atoms with Crippen LogP contribution in [0.2, 0.25) is 0 Å². The van der Waals surface area contributed by atoms with E-state index >= 15 is 0 Å². The van der Waals surface area contributed by atoms with Crippen LogP contribution < -0.4 is 26.8 Å². The van der Waals surface area contributed by atoms with Crippen molar-refractivity contribution in [2.24, 2.45) is 11.5 Å². The van der Waals surface area contributed by atoms with E-state index < -0.39 is 23.8 Å². The van der Waals surface area contributed by atoms with Crippen LogP contribution in [-0.2, 0) is 35.5 Å². The number of carbonyl (C=O) groups excluding carboxylic acids is 3. The van der Waals surface area contributed by atoms with E-state index in [0.717, 1.165) is 32.3 Å². The fourth-order valence-corrected chi connectivity index (χ4v) is 6.35. The molecular weight excluding hydrogens is 598 g/mol. The Hall–Kier alpha value is -5.06. The Balaban J connectivity index is 1.44. The summed E-state index contributed by atoms with van der Waals surface area (Å²) in [6.07, 6.45) is 3.48. The van der Waals surface area contributed by atoms with E-state index in [1.54, 1.807) is 11.3 Å². The molecular formula is C36H37N5O4S. The summed E-state index contributed by atoms with van der Waals surface area (Å²) < 4.78 is 6.67. The maximum absolute atomic E-state index is 14.2. The molecule has 0 aliphatic heterocycles. The first kappa shape index (κ1) is 32.3. The zero-order valence-electron chi connectivity index (χ0n) is 25.6. The number of nitrogens with one attached hydrogen (secondary N) is 2. The zero-order valence-corrected chi connectivity index (χ0v) is 26.4. The summed E-state index contributed by atoms with van der Waals surface area (Å²) in [4.78, 5) is 44.6. The molecule has 3 amide bonds. The predicted molar refractivity (Wildman–Crippen MR) is 180 cm³/mol. The van der Waals surface area contributed by atoms with Crippen molar-refractivity contribution >= 4 is 39.1 Å². The average Bonchev–Trinajstić information content (AvgIpc) is 3.49. The number of thiophene rings is 1. The van der Waals surface area contributed by atoms with E-state index in [0.29, 0.717) is 24.5 Å². The lowest BCUT2D eigenvalue weighted by molar-refractivity contribution is -0.129. The molecule has 0 unspecified atom stereocenters. The smallest absolute Gasteiger partial charge is 0.249 e. The number of nitrogens with two attached hydrogens (primary N) is 2. The number of hydrogen-bond acceptors (Lipinski definition) is 7. The van der Waals surface area contributed by atoms with Crippen molar-refractivity contribution in [3.05, 3.63) is 130 Å². The van der Waals surface area contributed by atoms with Crippen LogP contribution in [0.4, 0.5) is 0 Å². The van der Waals surface area contributed by atoms with E-state index in [-0.39, 0.29) is 30.9 Å². The van der Waals surface area contributed by atoms with Gasteiger partial charge in [0.2, 0.25) is 17.7 Å². The second-order valence-corrected chi connectivity index (χ2v) is 11.8. The highest BCUT2D eigenvalue weighted by Crippen LogP contribution is 2.28. The lowest BCUT2D eigenvalue weighted by Crippen LogP contribution is -2.49. The first-order valence-corrected chi connectivity index (χ1v) is 16.0. The summed E-state index contributed by atoms with van der Waals surface area (Å²) in [5.74, 6) is -1.55. The van der Waals surface area contributed by atoms with Gasteiger partial charge in [-0.05, 0) is 76.2 Å². The van der Waals surface area contributed by atoms with Gasteiger partial charge in [-0.3, -0.25) is 19.4 Å². The van der Waals surface area contributed by atoms with Crippen LogP contribution in [0.25, 0.3) is 10.1 Å². The molecule has 2 atom stereocenters. The minimum absolute atomic E-state index is 0.201. The summed E-state index contributed by atoms with van der Waals surface area (Å²) in [5, 5.41) is 9.07. The van der Waals surface area contributed by atoms with Crippen LogP contribution in [0.15, 0.2) is 96.6 Å². The Bertz CT molecular complexity index is 1800. The van der Waals surface area contributed by atoms with E-state index in [4.69, 9.17) is 16.2 Å². The standard InChI is InChI=1S/C36H37N5O4S/c1-2-45-27-13-11-23(12-14-27)17-30(31-21-39-16-15-29(31)34(38)42)35(43)41-32(18-26-22-46-33-6-4-3-5-28(26)33)36(44)40-20-25-9-7-24(19-37)8-10-25/h3-16,21-22,30,32H,2,17-20,37H2,1H3,(H2,38,42)(H,40,44)(H,41,43)/t30-,32+/m1/s1. The largest absolute Gasteiger partial charge is 0.494 e. The normalized spacial score (nSPS) is 12.3. The summed E-state index contributed by atoms with van der Waals surface area (Å²) in [6, 6.07) is 23.7. The molecule has 2 aromatic heterocycles. The SMILES string of the molecule is CCOc1ccc(C[C@@H](C(=O)N[C@@H](Cc2csc3ccccc23)C(=O)NCc2ccc(CN)cc2)c2cnccc2C(N)=O)cc1. The van der Waals surface area contributed by atoms with Gasteiger partial charge in [-0.15, -0.1) is 11.3 Å². The first-order valence-electron chi connectivity index (χ1n) is 15.1. The fraction of sp³-hybridized carbons (Fsp3) is 0.222. The van der Waals surface area contributed by atoms with E-state index in [2.05, 4.69) is 15.6 Å². The molecule has 5 rings (SSSR count). The van der Waals surface area contributed by atoms with Crippen molar-refractivity contribution in [2.45, 2.75) is 44.8 Å². The zero-order chi connectivity index (χ0) is 32.5. The number of rotatable bonds is 14. The van der Waals surface area contributed by atoms with Gasteiger partial charge in [-0.25, -0.2) is 0 Å². The lowest BCUT2D eigenvalue weighted by Gasteiger charge is -2.24. The highest BCUT2D eigenvalue weighted by Gasteiger charge is 2.30. The maximum Gasteiger partial charge on any atom is 0.249 e. The van der Waals surface area contributed by atoms with Crippen LogP contribution in [0, 0.1) is 0 Å². The molecule has 0 fully saturated rings. The number of hydrogen-bond donors (Lipinski definition) is 4. The van der Waals surface area contributed by atoms with E-state index in [1.165, 1.54) is 18.5 Å². The average molecular weight is 636 g/mol. The Morgan fingerprint density at radius 1 is 0.891 bits per heavy atom. The third-order valence-electron chi connectivity index (χ3n) is 7.83. The van der Waals surface area contributed by atoms with Crippen LogP contribution in [-0.4, -0.2) is 35.4 Å². The van der Waals surface area contributed by atoms with Crippen molar-refractivity contribution in [3.8, 4) is 5.75 Å². The van der Waals surface area contributed by atoms with Gasteiger partial charge in [0.05, 0.1) is 12.5 Å². The lowest BCUT2D eigenvalue weighted by atomic mass is 9.88. The van der Waals surface area contributed by atoms with Crippen molar-refractivity contribution in [2.75, 3.05) is 6.61 Å². The summed E-state index contributed by atoms with van der Waals surface area (Å²) in [6.45, 7) is 3.15. The maximum atomic E-state index is 14.2. The monoisotopic (exact) mass is 635 g/mol. The minimum Gasteiger partial charge on any atom is -0.494 e. The van der Waals surface area contributed by atoms with Crippen LogP contribution in [0.5, 0.6) is 5.75 Å². The number of amides is 3. The minimum atomic E-state index is -0.898. The van der Waals surface area contributed by atoms with Crippen LogP contribution >= 0.6 is 11.3 Å².